The van der Waals surface area contributed by atoms with Crippen molar-refractivity contribution in [2.24, 2.45) is 0 Å². The first kappa shape index (κ1) is 20.8. The van der Waals surface area contributed by atoms with Crippen LogP contribution in [-0.4, -0.2) is 83.5 Å². The molecule has 3 fully saturated rings. The maximum atomic E-state index is 12.5. The fourth-order valence-electron chi connectivity index (χ4n) is 4.32. The molecule has 3 aliphatic rings. The van der Waals surface area contributed by atoms with Crippen molar-refractivity contribution >= 4 is 23.5 Å². The molecule has 0 aliphatic carbocycles. The van der Waals surface area contributed by atoms with E-state index < -0.39 is 0 Å². The molecule has 7 heteroatoms. The van der Waals surface area contributed by atoms with Gasteiger partial charge in [0.1, 0.15) is 0 Å². The van der Waals surface area contributed by atoms with Crippen LogP contribution in [0.15, 0.2) is 12.2 Å². The molecule has 4 atom stereocenters. The maximum Gasteiger partial charge on any atom is 0.222 e. The van der Waals surface area contributed by atoms with Crippen LogP contribution in [-0.2, 0) is 9.59 Å². The van der Waals surface area contributed by atoms with Gasteiger partial charge in [-0.05, 0) is 32.8 Å². The molecule has 6 nitrogen and oxygen atoms in total. The van der Waals surface area contributed by atoms with Crippen LogP contribution < -0.4 is 10.6 Å². The Balaban J connectivity index is 1.27. The number of rotatable bonds is 8. The van der Waals surface area contributed by atoms with Crippen LogP contribution in [0, 0.1) is 0 Å². The summed E-state index contributed by atoms with van der Waals surface area (Å²) in [5, 5.41) is 7.95. The Bertz CT molecular complexity index is 548. The molecule has 0 aromatic carbocycles. The highest BCUT2D eigenvalue weighted by Gasteiger charge is 2.41. The molecule has 0 saturated carbocycles. The second kappa shape index (κ2) is 10.0. The highest BCUT2D eigenvalue weighted by atomic mass is 32.2. The van der Waals surface area contributed by atoms with E-state index in [2.05, 4.69) is 34.2 Å². The Morgan fingerprint density at radius 2 is 1.93 bits per heavy atom. The van der Waals surface area contributed by atoms with Crippen LogP contribution in [0.25, 0.3) is 0 Å². The van der Waals surface area contributed by atoms with Crippen molar-refractivity contribution in [3.63, 3.8) is 0 Å². The van der Waals surface area contributed by atoms with Crippen molar-refractivity contribution in [1.82, 2.24) is 20.4 Å². The van der Waals surface area contributed by atoms with Crippen LogP contribution in [0.4, 0.5) is 0 Å². The first-order chi connectivity index (χ1) is 13.0. The van der Waals surface area contributed by atoms with Gasteiger partial charge in [0.05, 0.1) is 6.17 Å². The van der Waals surface area contributed by atoms with Crippen LogP contribution in [0.2, 0.25) is 0 Å². The van der Waals surface area contributed by atoms with E-state index in [4.69, 9.17) is 0 Å². The van der Waals surface area contributed by atoms with Gasteiger partial charge in [-0.3, -0.25) is 25.1 Å². The van der Waals surface area contributed by atoms with E-state index in [9.17, 15) is 9.59 Å². The number of nitrogens with one attached hydrogen (secondary N) is 2. The van der Waals surface area contributed by atoms with Gasteiger partial charge < -0.3 is 4.90 Å². The number of nitrogens with zero attached hydrogens (tertiary/aromatic N) is 2. The second-order valence-corrected chi connectivity index (χ2v) is 9.27. The van der Waals surface area contributed by atoms with Crippen LogP contribution in [0.1, 0.15) is 39.5 Å². The Morgan fingerprint density at radius 3 is 2.67 bits per heavy atom. The molecule has 4 unspecified atom stereocenters. The highest BCUT2D eigenvalue weighted by Crippen LogP contribution is 2.33. The van der Waals surface area contributed by atoms with Crippen LogP contribution in [0.3, 0.4) is 0 Å². The third kappa shape index (κ3) is 6.04. The maximum absolute atomic E-state index is 12.5. The Kier molecular flexibility index (Phi) is 7.75. The lowest BCUT2D eigenvalue weighted by molar-refractivity contribution is -0.133. The summed E-state index contributed by atoms with van der Waals surface area (Å²) in [5.41, 5.74) is 0. The smallest absolute Gasteiger partial charge is 0.222 e. The van der Waals surface area contributed by atoms with E-state index in [-0.39, 0.29) is 5.78 Å². The lowest BCUT2D eigenvalue weighted by Crippen LogP contribution is -2.48. The molecule has 3 rings (SSSR count). The molecular weight excluding hydrogens is 360 g/mol. The minimum atomic E-state index is 0.0878. The fraction of sp³-hybridized carbons (Fsp3) is 0.800. The normalized spacial score (nSPS) is 31.6. The van der Waals surface area contributed by atoms with Crippen molar-refractivity contribution in [2.75, 3.05) is 38.5 Å². The third-order valence-electron chi connectivity index (χ3n) is 5.80. The number of allylic oxidation sites excluding steroid dienone is 1. The van der Waals surface area contributed by atoms with E-state index >= 15 is 0 Å². The Morgan fingerprint density at radius 1 is 1.15 bits per heavy atom. The van der Waals surface area contributed by atoms with Gasteiger partial charge in [-0.25, -0.2) is 0 Å². The Hall–Kier alpha value is -0.890. The summed E-state index contributed by atoms with van der Waals surface area (Å²) in [6.45, 7) is 7.96. The summed E-state index contributed by atoms with van der Waals surface area (Å²) in [7, 11) is 0. The lowest BCUT2D eigenvalue weighted by Gasteiger charge is -2.34. The van der Waals surface area contributed by atoms with Gasteiger partial charge in [0.15, 0.2) is 5.78 Å². The molecule has 0 spiro atoms. The molecule has 27 heavy (non-hydrogen) atoms. The molecule has 0 radical (unpaired) electrons. The van der Waals surface area contributed by atoms with E-state index in [0.29, 0.717) is 35.8 Å². The molecule has 152 valence electrons. The summed E-state index contributed by atoms with van der Waals surface area (Å²) in [4.78, 5) is 27.7. The monoisotopic (exact) mass is 394 g/mol. The Labute approximate surface area is 167 Å². The molecule has 3 aliphatic heterocycles. The van der Waals surface area contributed by atoms with Gasteiger partial charge in [0.2, 0.25) is 5.91 Å². The quantitative estimate of drug-likeness (QED) is 0.477. The van der Waals surface area contributed by atoms with Crippen molar-refractivity contribution in [2.45, 2.75) is 63.0 Å². The van der Waals surface area contributed by atoms with E-state index in [1.807, 2.05) is 11.0 Å². The van der Waals surface area contributed by atoms with E-state index in [0.717, 1.165) is 45.6 Å². The fourth-order valence-corrected chi connectivity index (χ4v) is 5.88. The zero-order valence-corrected chi connectivity index (χ0v) is 17.5. The predicted molar refractivity (Wildman–Crippen MR) is 111 cm³/mol. The van der Waals surface area contributed by atoms with Crippen molar-refractivity contribution in [1.29, 1.82) is 0 Å². The standard InChI is InChI=1S/C20H34N4O2S/c1-15(25)6-5-9-23-10-12-24(13-11-23)19(26)8-4-3-7-18-20-17(14-27-18)21-16(2)22-20/h5-6,16-18,20-22H,3-4,7-14H2,1-2H3/b6-5+. The average molecular weight is 395 g/mol. The van der Waals surface area contributed by atoms with Crippen molar-refractivity contribution < 1.29 is 9.59 Å². The lowest BCUT2D eigenvalue weighted by atomic mass is 10.0. The average Bonchev–Trinajstić information content (AvgIpc) is 3.18. The minimum Gasteiger partial charge on any atom is -0.340 e. The third-order valence-corrected chi connectivity index (χ3v) is 7.31. The highest BCUT2D eigenvalue weighted by molar-refractivity contribution is 8.00. The van der Waals surface area contributed by atoms with Crippen LogP contribution >= 0.6 is 11.8 Å². The first-order valence-corrected chi connectivity index (χ1v) is 11.4. The van der Waals surface area contributed by atoms with E-state index in [1.54, 1.807) is 13.0 Å². The van der Waals surface area contributed by atoms with Crippen molar-refractivity contribution in [3.8, 4) is 0 Å². The number of thioether (sulfide) groups is 1. The molecule has 0 aromatic rings. The van der Waals surface area contributed by atoms with Crippen molar-refractivity contribution in [3.05, 3.63) is 12.2 Å². The predicted octanol–water partition coefficient (Wildman–Crippen LogP) is 1.23. The van der Waals surface area contributed by atoms with Gasteiger partial charge in [-0.2, -0.15) is 11.8 Å². The minimum absolute atomic E-state index is 0.0878. The zero-order valence-electron chi connectivity index (χ0n) is 16.7. The molecular formula is C20H34N4O2S. The summed E-state index contributed by atoms with van der Waals surface area (Å²) in [6.07, 6.45) is 7.99. The topological polar surface area (TPSA) is 64.7 Å². The molecule has 2 N–H and O–H groups in total. The summed E-state index contributed by atoms with van der Waals surface area (Å²) in [6, 6.07) is 1.23. The van der Waals surface area contributed by atoms with Gasteiger partial charge in [0, 0.05) is 62.2 Å². The molecule has 0 aromatic heterocycles. The number of unbranched alkanes of at least 4 members (excludes halogenated alkanes) is 1. The summed E-state index contributed by atoms with van der Waals surface area (Å²) in [5.74, 6) is 1.60. The molecule has 3 saturated heterocycles. The summed E-state index contributed by atoms with van der Waals surface area (Å²) >= 11 is 2.08. The molecule has 0 bridgehead atoms. The number of ketones is 1. The number of fused-ring (bicyclic) bond motifs is 1. The largest absolute Gasteiger partial charge is 0.340 e. The van der Waals surface area contributed by atoms with E-state index in [1.165, 1.54) is 12.2 Å². The second-order valence-electron chi connectivity index (χ2n) is 8.00. The number of piperazine rings is 1. The summed E-state index contributed by atoms with van der Waals surface area (Å²) < 4.78 is 0. The number of hydrogen-bond donors (Lipinski definition) is 2. The first-order valence-electron chi connectivity index (χ1n) is 10.3. The van der Waals surface area contributed by atoms with Gasteiger partial charge in [0.25, 0.3) is 0 Å². The van der Waals surface area contributed by atoms with Gasteiger partial charge in [-0.1, -0.05) is 12.5 Å². The number of carbonyl (C=O) groups is 2. The number of hydrogen-bond acceptors (Lipinski definition) is 6. The zero-order chi connectivity index (χ0) is 19.2. The molecule has 3 heterocycles. The number of amides is 1. The van der Waals surface area contributed by atoms with Gasteiger partial charge >= 0.3 is 0 Å². The number of carbonyl (C=O) groups excluding carboxylic acids is 2. The molecule has 1 amide bonds. The van der Waals surface area contributed by atoms with Gasteiger partial charge in [-0.15, -0.1) is 0 Å². The SMILES string of the molecule is CC(=O)/C=C/CN1CCN(C(=O)CCCCC2SCC3NC(C)NC32)CC1. The van der Waals surface area contributed by atoms with Crippen LogP contribution in [0.5, 0.6) is 0 Å².